The molecule has 1 unspecified atom stereocenters. The lowest BCUT2D eigenvalue weighted by molar-refractivity contribution is -0.139. The molecule has 1 saturated carbocycles. The molecule has 0 bridgehead atoms. The molecular formula is C25H31ClFN3O4. The Bertz CT molecular complexity index is 1010. The van der Waals surface area contributed by atoms with Gasteiger partial charge in [-0.3, -0.25) is 0 Å². The highest BCUT2D eigenvalue weighted by molar-refractivity contribution is 6.31. The van der Waals surface area contributed by atoms with Crippen molar-refractivity contribution in [3.8, 4) is 5.75 Å². The molecule has 1 atom stereocenters. The summed E-state index contributed by atoms with van der Waals surface area (Å²) >= 11 is 5.91. The SMILES string of the molecule is CC(C)C(Nc1ccc(OCC(=O)O)cc1NC(=O)Nc1cc(Cl)ccc1F)C1CCCCC1. The van der Waals surface area contributed by atoms with E-state index in [1.54, 1.807) is 18.2 Å². The maximum absolute atomic E-state index is 14.1. The maximum Gasteiger partial charge on any atom is 0.341 e. The minimum atomic E-state index is -1.11. The number of nitrogens with one attached hydrogen (secondary N) is 3. The quantitative estimate of drug-likeness (QED) is 0.316. The molecule has 184 valence electrons. The molecule has 7 nitrogen and oxygen atoms in total. The molecule has 0 heterocycles. The number of hydrogen-bond acceptors (Lipinski definition) is 4. The van der Waals surface area contributed by atoms with Crippen molar-refractivity contribution in [2.45, 2.75) is 52.0 Å². The lowest BCUT2D eigenvalue weighted by Gasteiger charge is -2.35. The fourth-order valence-electron chi connectivity index (χ4n) is 4.36. The van der Waals surface area contributed by atoms with E-state index < -0.39 is 24.4 Å². The number of ether oxygens (including phenoxy) is 1. The van der Waals surface area contributed by atoms with Gasteiger partial charge in [0.25, 0.3) is 0 Å². The Morgan fingerprint density at radius 1 is 1.06 bits per heavy atom. The van der Waals surface area contributed by atoms with Crippen molar-refractivity contribution >= 4 is 40.7 Å². The summed E-state index contributed by atoms with van der Waals surface area (Å²) in [7, 11) is 0. The Kier molecular flexibility index (Phi) is 8.98. The molecule has 3 rings (SSSR count). The van der Waals surface area contributed by atoms with E-state index >= 15 is 0 Å². The first-order valence-electron chi connectivity index (χ1n) is 11.5. The van der Waals surface area contributed by atoms with Crippen molar-refractivity contribution in [2.24, 2.45) is 11.8 Å². The lowest BCUT2D eigenvalue weighted by atomic mass is 9.79. The zero-order chi connectivity index (χ0) is 24.7. The summed E-state index contributed by atoms with van der Waals surface area (Å²) in [6, 6.07) is 8.37. The average Bonchev–Trinajstić information content (AvgIpc) is 2.79. The smallest absolute Gasteiger partial charge is 0.341 e. The van der Waals surface area contributed by atoms with Crippen LogP contribution in [-0.2, 0) is 4.79 Å². The summed E-state index contributed by atoms with van der Waals surface area (Å²) in [5, 5.41) is 18.0. The zero-order valence-corrected chi connectivity index (χ0v) is 20.1. The molecule has 2 amide bonds. The van der Waals surface area contributed by atoms with Crippen LogP contribution in [0.25, 0.3) is 0 Å². The molecule has 0 saturated heterocycles. The van der Waals surface area contributed by atoms with E-state index in [4.69, 9.17) is 21.4 Å². The van der Waals surface area contributed by atoms with Gasteiger partial charge in [0.15, 0.2) is 6.61 Å². The predicted octanol–water partition coefficient (Wildman–Crippen LogP) is 6.60. The number of aliphatic carboxylic acids is 1. The molecule has 2 aromatic carbocycles. The van der Waals surface area contributed by atoms with Gasteiger partial charge in [-0.05, 0) is 55.0 Å². The number of rotatable bonds is 9. The van der Waals surface area contributed by atoms with E-state index in [1.807, 2.05) is 0 Å². The molecule has 1 aliphatic carbocycles. The molecule has 1 fully saturated rings. The van der Waals surface area contributed by atoms with E-state index in [-0.39, 0.29) is 22.5 Å². The summed E-state index contributed by atoms with van der Waals surface area (Å²) in [6.45, 7) is 3.82. The number of carbonyl (C=O) groups is 2. The maximum atomic E-state index is 14.1. The van der Waals surface area contributed by atoms with Crippen molar-refractivity contribution in [2.75, 3.05) is 22.6 Å². The molecule has 1 aliphatic rings. The number of anilines is 3. The number of urea groups is 1. The van der Waals surface area contributed by atoms with E-state index in [9.17, 15) is 14.0 Å². The summed E-state index contributed by atoms with van der Waals surface area (Å²) < 4.78 is 19.4. The van der Waals surface area contributed by atoms with Crippen molar-refractivity contribution in [3.05, 3.63) is 47.2 Å². The summed E-state index contributed by atoms with van der Waals surface area (Å²) in [4.78, 5) is 23.6. The summed E-state index contributed by atoms with van der Waals surface area (Å²) in [5.74, 6) is -0.570. The van der Waals surface area contributed by atoms with Gasteiger partial charge >= 0.3 is 12.0 Å². The van der Waals surface area contributed by atoms with Gasteiger partial charge in [0.1, 0.15) is 11.6 Å². The standard InChI is InChI=1S/C25H31ClFN3O4/c1-15(2)24(16-6-4-3-5-7-16)28-20-11-9-18(34-14-23(31)32)13-22(20)30-25(33)29-21-12-17(26)8-10-19(21)27/h8-13,15-16,24,28H,3-7,14H2,1-2H3,(H,31,32)(H2,29,30,33). The second-order valence-electron chi connectivity index (χ2n) is 8.91. The van der Waals surface area contributed by atoms with Gasteiger partial charge in [-0.25, -0.2) is 14.0 Å². The molecule has 0 aromatic heterocycles. The number of carboxylic acids is 1. The van der Waals surface area contributed by atoms with Crippen LogP contribution in [0, 0.1) is 17.7 Å². The second-order valence-corrected chi connectivity index (χ2v) is 9.34. The Balaban J connectivity index is 1.83. The third-order valence-electron chi connectivity index (χ3n) is 5.98. The van der Waals surface area contributed by atoms with Gasteiger partial charge in [-0.1, -0.05) is 44.7 Å². The summed E-state index contributed by atoms with van der Waals surface area (Å²) in [5.41, 5.74) is 1.01. The number of halogens is 2. The second kappa shape index (κ2) is 11.9. The fourth-order valence-corrected chi connectivity index (χ4v) is 4.53. The van der Waals surface area contributed by atoms with Crippen molar-refractivity contribution in [1.29, 1.82) is 0 Å². The number of hydrogen-bond donors (Lipinski definition) is 4. The first kappa shape index (κ1) is 25.6. The van der Waals surface area contributed by atoms with E-state index in [2.05, 4.69) is 29.8 Å². The highest BCUT2D eigenvalue weighted by Crippen LogP contribution is 2.35. The number of benzene rings is 2. The van der Waals surface area contributed by atoms with Crippen LogP contribution in [0.2, 0.25) is 5.02 Å². The Hall–Kier alpha value is -3.00. The van der Waals surface area contributed by atoms with Gasteiger partial charge in [-0.2, -0.15) is 0 Å². The fraction of sp³-hybridized carbons (Fsp3) is 0.440. The summed E-state index contributed by atoms with van der Waals surface area (Å²) in [6.07, 6.45) is 5.95. The average molecular weight is 492 g/mol. The van der Waals surface area contributed by atoms with Crippen LogP contribution in [0.5, 0.6) is 5.75 Å². The highest BCUT2D eigenvalue weighted by atomic mass is 35.5. The van der Waals surface area contributed by atoms with Crippen LogP contribution in [0.4, 0.5) is 26.2 Å². The van der Waals surface area contributed by atoms with Crippen molar-refractivity contribution < 1.29 is 23.8 Å². The predicted molar refractivity (Wildman–Crippen MR) is 132 cm³/mol. The molecule has 34 heavy (non-hydrogen) atoms. The van der Waals surface area contributed by atoms with Crippen LogP contribution in [0.15, 0.2) is 36.4 Å². The topological polar surface area (TPSA) is 99.7 Å². The number of carbonyl (C=O) groups excluding carboxylic acids is 1. The van der Waals surface area contributed by atoms with Crippen LogP contribution in [-0.4, -0.2) is 29.8 Å². The zero-order valence-electron chi connectivity index (χ0n) is 19.4. The third kappa shape index (κ3) is 7.25. The van der Waals surface area contributed by atoms with Crippen LogP contribution >= 0.6 is 11.6 Å². The highest BCUT2D eigenvalue weighted by Gasteiger charge is 2.27. The molecule has 0 radical (unpaired) electrons. The van der Waals surface area contributed by atoms with Gasteiger partial charge in [0.05, 0.1) is 17.1 Å². The molecule has 0 spiro atoms. The largest absolute Gasteiger partial charge is 0.482 e. The molecule has 0 aliphatic heterocycles. The molecular weight excluding hydrogens is 461 g/mol. The first-order chi connectivity index (χ1) is 16.2. The minimum Gasteiger partial charge on any atom is -0.482 e. The number of amides is 2. The van der Waals surface area contributed by atoms with Crippen LogP contribution in [0.3, 0.4) is 0 Å². The minimum absolute atomic E-state index is 0.0555. The molecule has 4 N–H and O–H groups in total. The molecule has 2 aromatic rings. The van der Waals surface area contributed by atoms with Crippen LogP contribution < -0.4 is 20.7 Å². The third-order valence-corrected chi connectivity index (χ3v) is 6.21. The van der Waals surface area contributed by atoms with E-state index in [0.717, 1.165) is 12.8 Å². The first-order valence-corrected chi connectivity index (χ1v) is 11.9. The number of carboxylic acid groups (broad SMARTS) is 1. The van der Waals surface area contributed by atoms with Gasteiger partial charge in [0.2, 0.25) is 0 Å². The Labute approximate surface area is 204 Å². The monoisotopic (exact) mass is 491 g/mol. The van der Waals surface area contributed by atoms with Gasteiger partial charge in [0, 0.05) is 17.1 Å². The van der Waals surface area contributed by atoms with E-state index in [0.29, 0.717) is 23.2 Å². The van der Waals surface area contributed by atoms with Crippen LogP contribution in [0.1, 0.15) is 46.0 Å². The molecule has 9 heteroatoms. The van der Waals surface area contributed by atoms with Crippen molar-refractivity contribution in [3.63, 3.8) is 0 Å². The normalized spacial score (nSPS) is 15.0. The Morgan fingerprint density at radius 2 is 1.76 bits per heavy atom. The lowest BCUT2D eigenvalue weighted by Crippen LogP contribution is -2.35. The van der Waals surface area contributed by atoms with E-state index in [1.165, 1.54) is 37.5 Å². The Morgan fingerprint density at radius 3 is 2.44 bits per heavy atom. The van der Waals surface area contributed by atoms with Gasteiger partial charge < -0.3 is 25.8 Å². The van der Waals surface area contributed by atoms with Gasteiger partial charge in [-0.15, -0.1) is 0 Å². The van der Waals surface area contributed by atoms with Crippen molar-refractivity contribution in [1.82, 2.24) is 0 Å².